The molecule has 7 nitrogen and oxygen atoms in total. The molecule has 0 amide bonds. The van der Waals surface area contributed by atoms with E-state index >= 15 is 0 Å². The number of carbonyl (C=O) groups is 2. The molecule has 1 heterocycles. The van der Waals surface area contributed by atoms with Gasteiger partial charge in [-0.2, -0.15) is 4.39 Å². The molecule has 2 N–H and O–H groups in total. The summed E-state index contributed by atoms with van der Waals surface area (Å²) in [7, 11) is 0. The van der Waals surface area contributed by atoms with Gasteiger partial charge in [-0.25, -0.2) is 4.39 Å². The van der Waals surface area contributed by atoms with Gasteiger partial charge in [-0.15, -0.1) is 0 Å². The van der Waals surface area contributed by atoms with Crippen molar-refractivity contribution in [2.75, 3.05) is 13.2 Å². The van der Waals surface area contributed by atoms with Crippen LogP contribution in [0.25, 0.3) is 22.0 Å². The number of benzene rings is 3. The van der Waals surface area contributed by atoms with Crippen LogP contribution in [0.1, 0.15) is 24.8 Å². The van der Waals surface area contributed by atoms with E-state index in [-0.39, 0.29) is 37.3 Å². The fraction of sp³-hybridized carbons (Fsp3) is 0.250. The van der Waals surface area contributed by atoms with E-state index < -0.39 is 23.6 Å². The van der Waals surface area contributed by atoms with Crippen molar-refractivity contribution in [2.45, 2.75) is 32.2 Å². The number of fused-ring (bicyclic) bond motifs is 1. The number of ether oxygens (including phenoxy) is 2. The van der Waals surface area contributed by atoms with Gasteiger partial charge in [0.1, 0.15) is 25.5 Å². The molecule has 1 fully saturated rings. The highest BCUT2D eigenvalue weighted by atomic mass is 19.2. The second-order valence-electron chi connectivity index (χ2n) is 10.3. The smallest absolute Gasteiger partial charge is 0.323 e. The van der Waals surface area contributed by atoms with Crippen molar-refractivity contribution in [3.63, 3.8) is 0 Å². The average Bonchev–Trinajstić information content (AvgIpc) is 3.60. The zero-order valence-electron chi connectivity index (χ0n) is 22.2. The largest absolute Gasteiger partial charge is 0.490 e. The Morgan fingerprint density at radius 2 is 1.66 bits per heavy atom. The van der Waals surface area contributed by atoms with Crippen molar-refractivity contribution in [3.05, 3.63) is 96.2 Å². The third-order valence-corrected chi connectivity index (χ3v) is 7.24. The van der Waals surface area contributed by atoms with Gasteiger partial charge in [-0.1, -0.05) is 36.4 Å². The van der Waals surface area contributed by atoms with Crippen LogP contribution in [0.2, 0.25) is 0 Å². The van der Waals surface area contributed by atoms with E-state index in [1.807, 2.05) is 42.6 Å². The van der Waals surface area contributed by atoms with E-state index in [1.54, 1.807) is 22.8 Å². The number of rotatable bonds is 13. The average molecular weight is 562 g/mol. The lowest BCUT2D eigenvalue weighted by Gasteiger charge is -2.12. The highest BCUT2D eigenvalue weighted by Crippen LogP contribution is 2.52. The summed E-state index contributed by atoms with van der Waals surface area (Å²) < 4.78 is 39.8. The standard InChI is InChI=1S/C32H29F2NO6/c33-26-10-5-11-27(30(26)34)41-15-2-1-14-40-23-7-3-6-21(16-23)24-8-4-9-25-22(17-32(12-13-32)18-28(36)37)19-35(31(24)25)20-29(38)39/h1-11,16,19H,12-15,17-18,20H2,(H,36,37)(H,38,39)/b2-1+. The number of aliphatic carboxylic acids is 2. The lowest BCUT2D eigenvalue weighted by molar-refractivity contribution is -0.139. The van der Waals surface area contributed by atoms with E-state index in [0.717, 1.165) is 46.5 Å². The number of carboxylic acids is 2. The number of hydrogen-bond acceptors (Lipinski definition) is 4. The van der Waals surface area contributed by atoms with Crippen LogP contribution in [-0.4, -0.2) is 39.9 Å². The Hall–Kier alpha value is -4.66. The van der Waals surface area contributed by atoms with E-state index in [2.05, 4.69) is 0 Å². The third-order valence-electron chi connectivity index (χ3n) is 7.24. The van der Waals surface area contributed by atoms with Crippen LogP contribution in [-0.2, 0) is 22.6 Å². The lowest BCUT2D eigenvalue weighted by atomic mass is 9.92. The first-order valence-corrected chi connectivity index (χ1v) is 13.2. The van der Waals surface area contributed by atoms with E-state index in [4.69, 9.17) is 9.47 Å². The summed E-state index contributed by atoms with van der Waals surface area (Å²) in [6.45, 7) is 0.0400. The fourth-order valence-corrected chi connectivity index (χ4v) is 5.16. The second kappa shape index (κ2) is 11.8. The third kappa shape index (κ3) is 6.57. The van der Waals surface area contributed by atoms with Gasteiger partial charge < -0.3 is 24.3 Å². The van der Waals surface area contributed by atoms with Crippen molar-refractivity contribution in [1.29, 1.82) is 0 Å². The van der Waals surface area contributed by atoms with Crippen LogP contribution in [0.15, 0.2) is 79.0 Å². The first-order valence-electron chi connectivity index (χ1n) is 13.2. The molecule has 3 aromatic carbocycles. The van der Waals surface area contributed by atoms with Crippen LogP contribution < -0.4 is 9.47 Å². The van der Waals surface area contributed by atoms with Crippen molar-refractivity contribution in [3.8, 4) is 22.6 Å². The van der Waals surface area contributed by atoms with Crippen LogP contribution in [0.4, 0.5) is 8.78 Å². The van der Waals surface area contributed by atoms with Gasteiger partial charge in [-0.3, -0.25) is 9.59 Å². The Morgan fingerprint density at radius 1 is 0.927 bits per heavy atom. The molecule has 0 atom stereocenters. The molecule has 212 valence electrons. The minimum Gasteiger partial charge on any atom is -0.490 e. The zero-order valence-corrected chi connectivity index (χ0v) is 22.2. The van der Waals surface area contributed by atoms with Crippen molar-refractivity contribution in [2.24, 2.45) is 5.41 Å². The van der Waals surface area contributed by atoms with E-state index in [1.165, 1.54) is 12.1 Å². The monoisotopic (exact) mass is 561 g/mol. The minimum atomic E-state index is -1.03. The first-order chi connectivity index (χ1) is 19.7. The molecule has 0 unspecified atom stereocenters. The second-order valence-corrected chi connectivity index (χ2v) is 10.3. The summed E-state index contributed by atoms with van der Waals surface area (Å²) in [5.41, 5.74) is 3.12. The molecular formula is C32H29F2NO6. The topological polar surface area (TPSA) is 98.0 Å². The Balaban J connectivity index is 1.33. The molecular weight excluding hydrogens is 532 g/mol. The predicted molar refractivity (Wildman–Crippen MR) is 149 cm³/mol. The van der Waals surface area contributed by atoms with Crippen LogP contribution in [0.5, 0.6) is 11.5 Å². The van der Waals surface area contributed by atoms with Gasteiger partial charge in [0.05, 0.1) is 11.9 Å². The Labute approximate surface area is 235 Å². The molecule has 0 saturated heterocycles. The molecule has 9 heteroatoms. The number of carboxylic acid groups (broad SMARTS) is 2. The highest BCUT2D eigenvalue weighted by molar-refractivity contribution is 5.97. The maximum atomic E-state index is 13.7. The predicted octanol–water partition coefficient (Wildman–Crippen LogP) is 6.48. The molecule has 5 rings (SSSR count). The van der Waals surface area contributed by atoms with Crippen LogP contribution in [0.3, 0.4) is 0 Å². The highest BCUT2D eigenvalue weighted by Gasteiger charge is 2.44. The normalized spacial score (nSPS) is 13.9. The Morgan fingerprint density at radius 3 is 2.39 bits per heavy atom. The van der Waals surface area contributed by atoms with E-state index in [0.29, 0.717) is 12.2 Å². The molecule has 1 aromatic heterocycles. The number of aromatic nitrogens is 1. The van der Waals surface area contributed by atoms with Crippen LogP contribution >= 0.6 is 0 Å². The molecule has 0 bridgehead atoms. The fourth-order valence-electron chi connectivity index (χ4n) is 5.16. The molecule has 0 radical (unpaired) electrons. The molecule has 0 spiro atoms. The summed E-state index contributed by atoms with van der Waals surface area (Å²) in [6, 6.07) is 17.0. The zero-order chi connectivity index (χ0) is 29.0. The summed E-state index contributed by atoms with van der Waals surface area (Å²) in [5, 5.41) is 19.9. The van der Waals surface area contributed by atoms with Crippen molar-refractivity contribution in [1.82, 2.24) is 4.57 Å². The first kappa shape index (κ1) is 27.9. The van der Waals surface area contributed by atoms with Gasteiger partial charge in [0.15, 0.2) is 11.6 Å². The summed E-state index contributed by atoms with van der Waals surface area (Å²) >= 11 is 0. The van der Waals surface area contributed by atoms with E-state index in [9.17, 15) is 28.6 Å². The van der Waals surface area contributed by atoms with Gasteiger partial charge in [0, 0.05) is 17.1 Å². The van der Waals surface area contributed by atoms with Gasteiger partial charge in [0.2, 0.25) is 5.82 Å². The maximum Gasteiger partial charge on any atom is 0.323 e. The molecule has 1 aliphatic carbocycles. The minimum absolute atomic E-state index is 0.0441. The molecule has 4 aromatic rings. The lowest BCUT2D eigenvalue weighted by Crippen LogP contribution is -2.11. The number of halogens is 2. The summed E-state index contributed by atoms with van der Waals surface area (Å²) in [5.74, 6) is -3.36. The summed E-state index contributed by atoms with van der Waals surface area (Å²) in [6.07, 6.45) is 7.55. The summed E-state index contributed by atoms with van der Waals surface area (Å²) in [4.78, 5) is 23.1. The van der Waals surface area contributed by atoms with Gasteiger partial charge >= 0.3 is 11.9 Å². The molecule has 41 heavy (non-hydrogen) atoms. The maximum absolute atomic E-state index is 13.7. The quantitative estimate of drug-likeness (QED) is 0.181. The SMILES string of the molecule is O=C(O)Cn1cc(CC2(CC(=O)O)CC2)c2cccc(-c3cccc(OC/C=C/COc4cccc(F)c4F)c3)c21. The van der Waals surface area contributed by atoms with Crippen molar-refractivity contribution >= 4 is 22.8 Å². The number of para-hydroxylation sites is 1. The van der Waals surface area contributed by atoms with Crippen LogP contribution in [0, 0.1) is 17.0 Å². The van der Waals surface area contributed by atoms with Gasteiger partial charge in [-0.05, 0) is 72.2 Å². The number of hydrogen-bond donors (Lipinski definition) is 2. The van der Waals surface area contributed by atoms with Gasteiger partial charge in [0.25, 0.3) is 0 Å². The molecule has 1 saturated carbocycles. The number of nitrogens with zero attached hydrogens (tertiary/aromatic N) is 1. The molecule has 0 aliphatic heterocycles. The van der Waals surface area contributed by atoms with Crippen molar-refractivity contribution < 1.29 is 38.1 Å². The Kier molecular flexibility index (Phi) is 8.05. The Bertz CT molecular complexity index is 1620. The molecule has 1 aliphatic rings.